The number of unbranched alkanes of at least 4 members (excludes halogenated alkanes) is 3. The third kappa shape index (κ3) is 8.51. The minimum Gasteiger partial charge on any atom is -0.395 e. The molecule has 0 aliphatic heterocycles. The SMILES string of the molecule is CCCCCCC(CO)NS(=O)(=O)CCCc1ccccc1. The van der Waals surface area contributed by atoms with Crippen LogP contribution in [0.2, 0.25) is 0 Å². The molecule has 0 aliphatic rings. The predicted octanol–water partition coefficient (Wildman–Crippen LogP) is 2.87. The van der Waals surface area contributed by atoms with Crippen molar-refractivity contribution in [2.24, 2.45) is 0 Å². The molecule has 126 valence electrons. The molecule has 4 nitrogen and oxygen atoms in total. The van der Waals surface area contributed by atoms with Crippen molar-refractivity contribution in [3.63, 3.8) is 0 Å². The van der Waals surface area contributed by atoms with Crippen molar-refractivity contribution >= 4 is 10.0 Å². The maximum Gasteiger partial charge on any atom is 0.211 e. The van der Waals surface area contributed by atoms with Crippen LogP contribution < -0.4 is 4.72 Å². The van der Waals surface area contributed by atoms with Crippen LogP contribution in [0.1, 0.15) is 51.0 Å². The Bertz CT molecular complexity index is 488. The molecule has 0 saturated heterocycles. The Morgan fingerprint density at radius 3 is 2.45 bits per heavy atom. The molecule has 1 aromatic rings. The van der Waals surface area contributed by atoms with E-state index < -0.39 is 10.0 Å². The second-order valence-corrected chi connectivity index (χ2v) is 7.63. The molecule has 1 aromatic carbocycles. The van der Waals surface area contributed by atoms with E-state index in [1.807, 2.05) is 30.3 Å². The lowest BCUT2D eigenvalue weighted by molar-refractivity contribution is 0.247. The number of hydrogen-bond acceptors (Lipinski definition) is 3. The second kappa shape index (κ2) is 10.8. The summed E-state index contributed by atoms with van der Waals surface area (Å²) < 4.78 is 26.7. The minimum atomic E-state index is -3.32. The van der Waals surface area contributed by atoms with Gasteiger partial charge in [0.25, 0.3) is 0 Å². The predicted molar refractivity (Wildman–Crippen MR) is 91.3 cm³/mol. The minimum absolute atomic E-state index is 0.105. The van der Waals surface area contributed by atoms with Crippen LogP contribution in [0.15, 0.2) is 30.3 Å². The van der Waals surface area contributed by atoms with E-state index in [0.717, 1.165) is 37.7 Å². The third-order valence-corrected chi connectivity index (χ3v) is 5.21. The third-order valence-electron chi connectivity index (χ3n) is 3.69. The summed E-state index contributed by atoms with van der Waals surface area (Å²) in [5.41, 5.74) is 1.15. The van der Waals surface area contributed by atoms with Gasteiger partial charge in [-0.1, -0.05) is 62.9 Å². The Balaban J connectivity index is 2.31. The zero-order chi connectivity index (χ0) is 16.3. The van der Waals surface area contributed by atoms with Crippen molar-refractivity contribution in [2.45, 2.75) is 57.9 Å². The van der Waals surface area contributed by atoms with Gasteiger partial charge in [-0.05, 0) is 24.8 Å². The molecule has 0 aliphatic carbocycles. The van der Waals surface area contributed by atoms with E-state index in [1.165, 1.54) is 0 Å². The molecule has 0 fully saturated rings. The molecule has 0 spiro atoms. The van der Waals surface area contributed by atoms with Crippen molar-refractivity contribution in [2.75, 3.05) is 12.4 Å². The zero-order valence-electron chi connectivity index (χ0n) is 13.5. The van der Waals surface area contributed by atoms with Crippen molar-refractivity contribution in [1.29, 1.82) is 0 Å². The molecular weight excluding hydrogens is 298 g/mol. The molecule has 0 radical (unpaired) electrons. The number of benzene rings is 1. The number of sulfonamides is 1. The molecule has 22 heavy (non-hydrogen) atoms. The quantitative estimate of drug-likeness (QED) is 0.580. The summed E-state index contributed by atoms with van der Waals surface area (Å²) >= 11 is 0. The zero-order valence-corrected chi connectivity index (χ0v) is 14.3. The summed E-state index contributed by atoms with van der Waals surface area (Å²) in [6.45, 7) is 2.00. The van der Waals surface area contributed by atoms with Crippen molar-refractivity contribution < 1.29 is 13.5 Å². The lowest BCUT2D eigenvalue weighted by atomic mass is 10.1. The first-order chi connectivity index (χ1) is 10.6. The van der Waals surface area contributed by atoms with Gasteiger partial charge in [-0.25, -0.2) is 13.1 Å². The lowest BCUT2D eigenvalue weighted by Gasteiger charge is -2.16. The van der Waals surface area contributed by atoms with Crippen LogP contribution in [0.4, 0.5) is 0 Å². The summed E-state index contributed by atoms with van der Waals surface area (Å²) in [6, 6.07) is 9.53. The molecule has 0 aromatic heterocycles. The van der Waals surface area contributed by atoms with Crippen LogP contribution in [0.3, 0.4) is 0 Å². The number of nitrogens with one attached hydrogen (secondary N) is 1. The van der Waals surface area contributed by atoms with Gasteiger partial charge in [-0.15, -0.1) is 0 Å². The largest absolute Gasteiger partial charge is 0.395 e. The molecule has 2 N–H and O–H groups in total. The van der Waals surface area contributed by atoms with Crippen LogP contribution >= 0.6 is 0 Å². The summed E-state index contributed by atoms with van der Waals surface area (Å²) in [5.74, 6) is 0.105. The van der Waals surface area contributed by atoms with E-state index in [1.54, 1.807) is 0 Å². The lowest BCUT2D eigenvalue weighted by Crippen LogP contribution is -2.38. The first kappa shape index (κ1) is 19.1. The van der Waals surface area contributed by atoms with E-state index >= 15 is 0 Å². The van der Waals surface area contributed by atoms with Gasteiger partial charge in [-0.2, -0.15) is 0 Å². The second-order valence-electron chi connectivity index (χ2n) is 5.75. The fraction of sp³-hybridized carbons (Fsp3) is 0.647. The highest BCUT2D eigenvalue weighted by molar-refractivity contribution is 7.89. The topological polar surface area (TPSA) is 66.4 Å². The average Bonchev–Trinajstić information content (AvgIpc) is 2.51. The van der Waals surface area contributed by atoms with Crippen molar-refractivity contribution in [3.05, 3.63) is 35.9 Å². The summed E-state index contributed by atoms with van der Waals surface area (Å²) in [5, 5.41) is 9.32. The number of aryl methyl sites for hydroxylation is 1. The van der Waals surface area contributed by atoms with Gasteiger partial charge in [0.1, 0.15) is 0 Å². The highest BCUT2D eigenvalue weighted by Crippen LogP contribution is 2.08. The maximum atomic E-state index is 12.1. The molecule has 1 atom stereocenters. The number of aliphatic hydroxyl groups excluding tert-OH is 1. The Kier molecular flexibility index (Phi) is 9.36. The smallest absolute Gasteiger partial charge is 0.211 e. The number of hydrogen-bond donors (Lipinski definition) is 2. The molecule has 1 unspecified atom stereocenters. The summed E-state index contributed by atoms with van der Waals surface area (Å²) in [4.78, 5) is 0. The Morgan fingerprint density at radius 1 is 1.09 bits per heavy atom. The Morgan fingerprint density at radius 2 is 1.82 bits per heavy atom. The molecule has 0 saturated carbocycles. The number of rotatable bonds is 12. The van der Waals surface area contributed by atoms with E-state index in [0.29, 0.717) is 12.8 Å². The molecule has 0 heterocycles. The van der Waals surface area contributed by atoms with Crippen LogP contribution in [-0.4, -0.2) is 31.9 Å². The van der Waals surface area contributed by atoms with E-state index in [-0.39, 0.29) is 18.4 Å². The monoisotopic (exact) mass is 327 g/mol. The summed E-state index contributed by atoms with van der Waals surface area (Å²) in [6.07, 6.45) is 6.38. The van der Waals surface area contributed by atoms with Crippen LogP contribution in [0.5, 0.6) is 0 Å². The Labute approximate surface area is 135 Å². The van der Waals surface area contributed by atoms with Crippen LogP contribution in [0, 0.1) is 0 Å². The Hall–Kier alpha value is -0.910. The molecule has 5 heteroatoms. The molecular formula is C17H29NO3S. The van der Waals surface area contributed by atoms with Gasteiger partial charge >= 0.3 is 0 Å². The number of aliphatic hydroxyl groups is 1. The van der Waals surface area contributed by atoms with E-state index in [9.17, 15) is 13.5 Å². The normalized spacial score (nSPS) is 13.2. The highest BCUT2D eigenvalue weighted by Gasteiger charge is 2.16. The van der Waals surface area contributed by atoms with Crippen molar-refractivity contribution in [3.8, 4) is 0 Å². The van der Waals surface area contributed by atoms with E-state index in [4.69, 9.17) is 0 Å². The fourth-order valence-electron chi connectivity index (χ4n) is 2.43. The molecule has 1 rings (SSSR count). The maximum absolute atomic E-state index is 12.1. The first-order valence-electron chi connectivity index (χ1n) is 8.22. The van der Waals surface area contributed by atoms with Gasteiger partial charge in [0.15, 0.2) is 0 Å². The fourth-order valence-corrected chi connectivity index (χ4v) is 3.77. The van der Waals surface area contributed by atoms with E-state index in [2.05, 4.69) is 11.6 Å². The van der Waals surface area contributed by atoms with Crippen molar-refractivity contribution in [1.82, 2.24) is 4.72 Å². The van der Waals surface area contributed by atoms with Gasteiger partial charge in [0, 0.05) is 6.04 Å². The van der Waals surface area contributed by atoms with Crippen LogP contribution in [0.25, 0.3) is 0 Å². The van der Waals surface area contributed by atoms with Gasteiger partial charge < -0.3 is 5.11 Å². The van der Waals surface area contributed by atoms with Gasteiger partial charge in [-0.3, -0.25) is 0 Å². The standard InChI is InChI=1S/C17H29NO3S/c1-2-3-4-8-13-17(15-19)18-22(20,21)14-9-12-16-10-6-5-7-11-16/h5-7,10-11,17-19H,2-4,8-9,12-15H2,1H3. The highest BCUT2D eigenvalue weighted by atomic mass is 32.2. The summed E-state index contributed by atoms with van der Waals surface area (Å²) in [7, 11) is -3.32. The molecule has 0 amide bonds. The van der Waals surface area contributed by atoms with Crippen LogP contribution in [-0.2, 0) is 16.4 Å². The average molecular weight is 327 g/mol. The van der Waals surface area contributed by atoms with Gasteiger partial charge in [0.2, 0.25) is 10.0 Å². The first-order valence-corrected chi connectivity index (χ1v) is 9.87. The van der Waals surface area contributed by atoms with Gasteiger partial charge in [0.05, 0.1) is 12.4 Å². The molecule has 0 bridgehead atoms.